The highest BCUT2D eigenvalue weighted by molar-refractivity contribution is 6.39. The third kappa shape index (κ3) is 8.09. The Morgan fingerprint density at radius 1 is 0.868 bits per heavy atom. The molecule has 0 fully saturated rings. The molecule has 0 aromatic heterocycles. The van der Waals surface area contributed by atoms with Gasteiger partial charge in [-0.3, -0.25) is 9.59 Å². The van der Waals surface area contributed by atoms with E-state index in [0.717, 1.165) is 12.8 Å². The van der Waals surface area contributed by atoms with Crippen LogP contribution in [-0.4, -0.2) is 44.8 Å². The second-order valence-corrected chi connectivity index (χ2v) is 7.91. The zero-order valence-electron chi connectivity index (χ0n) is 21.4. The number of amides is 2. The van der Waals surface area contributed by atoms with Gasteiger partial charge in [0.2, 0.25) is 0 Å². The zero-order chi connectivity index (χ0) is 27.3. The van der Waals surface area contributed by atoms with Gasteiger partial charge in [-0.05, 0) is 66.6 Å². The summed E-state index contributed by atoms with van der Waals surface area (Å²) in [4.78, 5) is 36.7. The Kier molecular flexibility index (Phi) is 10.2. The van der Waals surface area contributed by atoms with Crippen LogP contribution in [0.5, 0.6) is 23.0 Å². The number of unbranched alkanes of at least 4 members (excludes halogenated alkanes) is 1. The molecule has 10 nitrogen and oxygen atoms in total. The number of methoxy groups -OCH3 is 2. The van der Waals surface area contributed by atoms with Crippen LogP contribution < -0.4 is 29.7 Å². The molecular formula is C28H29N3O7. The number of carbonyl (C=O) groups excluding carboxylic acids is 3. The second-order valence-electron chi connectivity index (χ2n) is 7.91. The van der Waals surface area contributed by atoms with Gasteiger partial charge in [-0.25, -0.2) is 10.2 Å². The summed E-state index contributed by atoms with van der Waals surface area (Å²) >= 11 is 0. The Bertz CT molecular complexity index is 1290. The molecule has 0 saturated carbocycles. The van der Waals surface area contributed by atoms with Crippen molar-refractivity contribution < 1.29 is 33.3 Å². The van der Waals surface area contributed by atoms with Crippen LogP contribution >= 0.6 is 0 Å². The normalized spacial score (nSPS) is 10.5. The van der Waals surface area contributed by atoms with E-state index in [-0.39, 0.29) is 11.5 Å². The molecule has 0 aliphatic heterocycles. The largest absolute Gasteiger partial charge is 0.497 e. The fraction of sp³-hybridized carbons (Fsp3) is 0.214. The topological polar surface area (TPSA) is 125 Å². The first kappa shape index (κ1) is 27.7. The molecule has 0 aliphatic carbocycles. The van der Waals surface area contributed by atoms with E-state index in [0.29, 0.717) is 34.9 Å². The second kappa shape index (κ2) is 14.0. The molecule has 0 heterocycles. The van der Waals surface area contributed by atoms with Crippen molar-refractivity contribution in [3.8, 4) is 23.0 Å². The van der Waals surface area contributed by atoms with Crippen molar-refractivity contribution >= 4 is 29.7 Å². The fourth-order valence-electron chi connectivity index (χ4n) is 3.13. The predicted molar refractivity (Wildman–Crippen MR) is 142 cm³/mol. The number of hydrazone groups is 1. The van der Waals surface area contributed by atoms with Gasteiger partial charge in [-0.2, -0.15) is 5.10 Å². The van der Waals surface area contributed by atoms with Gasteiger partial charge < -0.3 is 24.3 Å². The maximum Gasteiger partial charge on any atom is 0.343 e. The van der Waals surface area contributed by atoms with Crippen molar-refractivity contribution in [1.29, 1.82) is 0 Å². The molecule has 38 heavy (non-hydrogen) atoms. The maximum absolute atomic E-state index is 12.6. The quantitative estimate of drug-likeness (QED) is 0.0972. The summed E-state index contributed by atoms with van der Waals surface area (Å²) < 4.78 is 21.5. The predicted octanol–water partition coefficient (Wildman–Crippen LogP) is 4.19. The summed E-state index contributed by atoms with van der Waals surface area (Å²) in [5, 5.41) is 6.26. The molecule has 10 heteroatoms. The van der Waals surface area contributed by atoms with Gasteiger partial charge in [-0.1, -0.05) is 19.4 Å². The first-order valence-corrected chi connectivity index (χ1v) is 11.8. The molecule has 3 aromatic rings. The third-order valence-corrected chi connectivity index (χ3v) is 5.16. The van der Waals surface area contributed by atoms with Gasteiger partial charge in [0.15, 0.2) is 11.5 Å². The standard InChI is InChI=1S/C28H29N3O7/c1-4-5-15-37-22-12-10-20(11-13-22)28(34)38-24-14-9-19(16-25(24)36-3)18-29-31-27(33)26(32)30-21-7-6-8-23(17-21)35-2/h6-14,16-18H,4-5,15H2,1-3H3,(H,30,32)(H,31,33)/b29-18+. The lowest BCUT2D eigenvalue weighted by Crippen LogP contribution is -2.32. The van der Waals surface area contributed by atoms with Gasteiger partial charge in [-0.15, -0.1) is 0 Å². The van der Waals surface area contributed by atoms with Crippen molar-refractivity contribution in [3.63, 3.8) is 0 Å². The van der Waals surface area contributed by atoms with E-state index in [9.17, 15) is 14.4 Å². The zero-order valence-corrected chi connectivity index (χ0v) is 21.4. The summed E-state index contributed by atoms with van der Waals surface area (Å²) in [6, 6.07) is 18.0. The molecule has 198 valence electrons. The Balaban J connectivity index is 1.56. The van der Waals surface area contributed by atoms with Crippen LogP contribution in [0.25, 0.3) is 0 Å². The summed E-state index contributed by atoms with van der Waals surface area (Å²) in [6.45, 7) is 2.70. The summed E-state index contributed by atoms with van der Waals surface area (Å²) in [7, 11) is 2.93. The Labute approximate surface area is 220 Å². The molecule has 3 aromatic carbocycles. The maximum atomic E-state index is 12.6. The highest BCUT2D eigenvalue weighted by Crippen LogP contribution is 2.28. The average molecular weight is 520 g/mol. The molecular weight excluding hydrogens is 490 g/mol. The van der Waals surface area contributed by atoms with E-state index in [2.05, 4.69) is 22.8 Å². The van der Waals surface area contributed by atoms with Crippen LogP contribution in [0.1, 0.15) is 35.7 Å². The minimum absolute atomic E-state index is 0.208. The van der Waals surface area contributed by atoms with Crippen molar-refractivity contribution in [2.24, 2.45) is 5.10 Å². The van der Waals surface area contributed by atoms with E-state index in [1.54, 1.807) is 60.7 Å². The van der Waals surface area contributed by atoms with Crippen LogP contribution in [0.4, 0.5) is 5.69 Å². The molecule has 0 radical (unpaired) electrons. The highest BCUT2D eigenvalue weighted by Gasteiger charge is 2.15. The van der Waals surface area contributed by atoms with E-state index in [4.69, 9.17) is 18.9 Å². The van der Waals surface area contributed by atoms with Gasteiger partial charge >= 0.3 is 17.8 Å². The third-order valence-electron chi connectivity index (χ3n) is 5.16. The lowest BCUT2D eigenvalue weighted by atomic mass is 10.2. The molecule has 0 unspecified atom stereocenters. The number of benzene rings is 3. The van der Waals surface area contributed by atoms with Crippen molar-refractivity contribution in [2.45, 2.75) is 19.8 Å². The molecule has 0 atom stereocenters. The number of carbonyl (C=O) groups is 3. The van der Waals surface area contributed by atoms with E-state index in [1.807, 2.05) is 0 Å². The smallest absolute Gasteiger partial charge is 0.343 e. The molecule has 3 rings (SSSR count). The van der Waals surface area contributed by atoms with Crippen LogP contribution in [0.3, 0.4) is 0 Å². The Hall–Kier alpha value is -4.86. The van der Waals surface area contributed by atoms with Gasteiger partial charge in [0, 0.05) is 11.8 Å². The SMILES string of the molecule is CCCCOc1ccc(C(=O)Oc2ccc(/C=N/NC(=O)C(=O)Nc3cccc(OC)c3)cc2OC)cc1. The summed E-state index contributed by atoms with van der Waals surface area (Å²) in [5.41, 5.74) is 3.45. The van der Waals surface area contributed by atoms with E-state index >= 15 is 0 Å². The van der Waals surface area contributed by atoms with Crippen LogP contribution in [-0.2, 0) is 9.59 Å². The number of hydrogen-bond donors (Lipinski definition) is 2. The van der Waals surface area contributed by atoms with Gasteiger partial charge in [0.1, 0.15) is 11.5 Å². The number of esters is 1. The van der Waals surface area contributed by atoms with E-state index in [1.165, 1.54) is 26.5 Å². The summed E-state index contributed by atoms with van der Waals surface area (Å²) in [5.74, 6) is -0.697. The number of hydrogen-bond acceptors (Lipinski definition) is 8. The number of anilines is 1. The number of rotatable bonds is 11. The molecule has 2 amide bonds. The lowest BCUT2D eigenvalue weighted by Gasteiger charge is -2.10. The monoisotopic (exact) mass is 519 g/mol. The highest BCUT2D eigenvalue weighted by atomic mass is 16.6. The van der Waals surface area contributed by atoms with Crippen LogP contribution in [0, 0.1) is 0 Å². The molecule has 2 N–H and O–H groups in total. The molecule has 0 spiro atoms. The van der Waals surface area contributed by atoms with Gasteiger partial charge in [0.05, 0.1) is 32.6 Å². The van der Waals surface area contributed by atoms with Crippen molar-refractivity contribution in [1.82, 2.24) is 5.43 Å². The van der Waals surface area contributed by atoms with Crippen molar-refractivity contribution in [2.75, 3.05) is 26.1 Å². The first-order valence-electron chi connectivity index (χ1n) is 11.8. The number of nitrogens with one attached hydrogen (secondary N) is 2. The summed E-state index contributed by atoms with van der Waals surface area (Å²) in [6.07, 6.45) is 3.31. The van der Waals surface area contributed by atoms with Gasteiger partial charge in [0.25, 0.3) is 0 Å². The average Bonchev–Trinajstić information content (AvgIpc) is 2.94. The Morgan fingerprint density at radius 3 is 2.37 bits per heavy atom. The molecule has 0 bridgehead atoms. The minimum Gasteiger partial charge on any atom is -0.497 e. The first-order chi connectivity index (χ1) is 18.4. The van der Waals surface area contributed by atoms with E-state index < -0.39 is 17.8 Å². The number of nitrogens with zero attached hydrogens (tertiary/aromatic N) is 1. The molecule has 0 saturated heterocycles. The fourth-order valence-corrected chi connectivity index (χ4v) is 3.13. The minimum atomic E-state index is -0.955. The number of ether oxygens (including phenoxy) is 4. The van der Waals surface area contributed by atoms with Crippen LogP contribution in [0.15, 0.2) is 71.8 Å². The van der Waals surface area contributed by atoms with Crippen molar-refractivity contribution in [3.05, 3.63) is 77.9 Å². The Morgan fingerprint density at radius 2 is 1.66 bits per heavy atom. The van der Waals surface area contributed by atoms with Crippen LogP contribution in [0.2, 0.25) is 0 Å². The molecule has 0 aliphatic rings. The lowest BCUT2D eigenvalue weighted by molar-refractivity contribution is -0.136.